The van der Waals surface area contributed by atoms with Crippen molar-refractivity contribution in [1.82, 2.24) is 9.78 Å². The number of hydrogen-bond donors (Lipinski definition) is 0. The smallest absolute Gasteiger partial charge is 0.0880 e. The van der Waals surface area contributed by atoms with E-state index in [1.165, 1.54) is 0 Å². The van der Waals surface area contributed by atoms with Crippen LogP contribution in [0.25, 0.3) is 10.4 Å². The molecule has 5 nitrogen and oxygen atoms in total. The van der Waals surface area contributed by atoms with Crippen molar-refractivity contribution in [3.05, 3.63) is 28.4 Å². The molecule has 0 amide bonds. The van der Waals surface area contributed by atoms with Gasteiger partial charge in [0.25, 0.3) is 0 Å². The molecule has 0 unspecified atom stereocenters. The van der Waals surface area contributed by atoms with Crippen LogP contribution in [0.5, 0.6) is 0 Å². The third-order valence-electron chi connectivity index (χ3n) is 1.53. The monoisotopic (exact) mass is 189 g/mol. The molecular formula is C9H11N5. The minimum atomic E-state index is 0.204. The van der Waals surface area contributed by atoms with Gasteiger partial charge in [0.15, 0.2) is 0 Å². The molecule has 0 aliphatic heterocycles. The van der Waals surface area contributed by atoms with E-state index >= 15 is 0 Å². The molecule has 14 heavy (non-hydrogen) atoms. The van der Waals surface area contributed by atoms with Crippen LogP contribution in [-0.4, -0.2) is 16.3 Å². The van der Waals surface area contributed by atoms with Gasteiger partial charge < -0.3 is 0 Å². The lowest BCUT2D eigenvalue weighted by Gasteiger charge is -1.93. The molecule has 0 radical (unpaired) electrons. The maximum Gasteiger partial charge on any atom is 0.0880 e. The Labute approximate surface area is 82.4 Å². The zero-order valence-electron chi connectivity index (χ0n) is 8.01. The van der Waals surface area contributed by atoms with Gasteiger partial charge >= 0.3 is 0 Å². The number of nitrogens with zero attached hydrogens (tertiary/aromatic N) is 5. The van der Waals surface area contributed by atoms with Crippen LogP contribution in [0.4, 0.5) is 0 Å². The maximum absolute atomic E-state index is 8.01. The minimum Gasteiger partial charge on any atom is -0.271 e. The Kier molecular flexibility index (Phi) is 4.12. The SMILES string of the molecule is CCCn1cc(C#CCN=[N+]=[N-])cn1. The second-order valence-electron chi connectivity index (χ2n) is 2.68. The van der Waals surface area contributed by atoms with Gasteiger partial charge in [-0.25, -0.2) is 0 Å². The zero-order valence-corrected chi connectivity index (χ0v) is 8.01. The number of aryl methyl sites for hydroxylation is 1. The standard InChI is InChI=1S/C9H11N5/c1-2-6-14-8-9(7-12-14)4-3-5-11-13-10/h7-8H,2,5-6H2,1H3. The zero-order chi connectivity index (χ0) is 10.2. The van der Waals surface area contributed by atoms with Crippen molar-refractivity contribution in [2.24, 2.45) is 5.11 Å². The van der Waals surface area contributed by atoms with Crippen LogP contribution in [0.1, 0.15) is 18.9 Å². The second kappa shape index (κ2) is 5.68. The van der Waals surface area contributed by atoms with Crippen LogP contribution in [0.3, 0.4) is 0 Å². The van der Waals surface area contributed by atoms with Gasteiger partial charge in [-0.05, 0) is 12.0 Å². The first kappa shape index (κ1) is 10.2. The summed E-state index contributed by atoms with van der Waals surface area (Å²) in [6.07, 6.45) is 4.64. The average molecular weight is 189 g/mol. The Hall–Kier alpha value is -1.92. The molecule has 0 N–H and O–H groups in total. The van der Waals surface area contributed by atoms with Crippen molar-refractivity contribution in [3.63, 3.8) is 0 Å². The third kappa shape index (κ3) is 3.21. The summed E-state index contributed by atoms with van der Waals surface area (Å²) in [5.74, 6) is 5.59. The molecule has 1 heterocycles. The average Bonchev–Trinajstić information content (AvgIpc) is 2.61. The summed E-state index contributed by atoms with van der Waals surface area (Å²) in [6.45, 7) is 3.20. The van der Waals surface area contributed by atoms with Crippen LogP contribution in [0, 0.1) is 11.8 Å². The highest BCUT2D eigenvalue weighted by atomic mass is 15.3. The first-order valence-corrected chi connectivity index (χ1v) is 4.39. The lowest BCUT2D eigenvalue weighted by atomic mass is 10.3. The van der Waals surface area contributed by atoms with E-state index in [2.05, 4.69) is 33.9 Å². The van der Waals surface area contributed by atoms with Gasteiger partial charge in [0.2, 0.25) is 0 Å². The first-order chi connectivity index (χ1) is 6.86. The lowest BCUT2D eigenvalue weighted by molar-refractivity contribution is 0.602. The van der Waals surface area contributed by atoms with Gasteiger partial charge in [-0.15, -0.1) is 0 Å². The largest absolute Gasteiger partial charge is 0.271 e. The highest BCUT2D eigenvalue weighted by molar-refractivity contribution is 5.29. The molecule has 0 aliphatic rings. The van der Waals surface area contributed by atoms with E-state index in [1.807, 2.05) is 10.9 Å². The Morgan fingerprint density at radius 3 is 3.29 bits per heavy atom. The van der Waals surface area contributed by atoms with Crippen molar-refractivity contribution < 1.29 is 0 Å². The summed E-state index contributed by atoms with van der Waals surface area (Å²) < 4.78 is 1.84. The van der Waals surface area contributed by atoms with E-state index in [-0.39, 0.29) is 6.54 Å². The molecule has 1 aromatic rings. The quantitative estimate of drug-likeness (QED) is 0.310. The predicted molar refractivity (Wildman–Crippen MR) is 53.4 cm³/mol. The molecular weight excluding hydrogens is 178 g/mol. The fourth-order valence-corrected chi connectivity index (χ4v) is 0.988. The fraction of sp³-hybridized carbons (Fsp3) is 0.444. The van der Waals surface area contributed by atoms with Gasteiger partial charge in [0.05, 0.1) is 18.3 Å². The molecule has 0 spiro atoms. The fourth-order valence-electron chi connectivity index (χ4n) is 0.988. The summed E-state index contributed by atoms with van der Waals surface area (Å²) in [4.78, 5) is 2.60. The Balaban J connectivity index is 2.57. The van der Waals surface area contributed by atoms with E-state index in [0.29, 0.717) is 0 Å². The molecule has 0 saturated carbocycles. The molecule has 0 atom stereocenters. The van der Waals surface area contributed by atoms with Gasteiger partial charge in [-0.1, -0.05) is 23.9 Å². The number of aromatic nitrogens is 2. The third-order valence-corrected chi connectivity index (χ3v) is 1.53. The predicted octanol–water partition coefficient (Wildman–Crippen LogP) is 1.95. The molecule has 0 aromatic carbocycles. The van der Waals surface area contributed by atoms with Gasteiger partial charge in [0, 0.05) is 17.7 Å². The Morgan fingerprint density at radius 2 is 2.57 bits per heavy atom. The van der Waals surface area contributed by atoms with Crippen LogP contribution >= 0.6 is 0 Å². The molecule has 5 heteroatoms. The summed E-state index contributed by atoms with van der Waals surface area (Å²) in [5, 5.41) is 7.43. The van der Waals surface area contributed by atoms with Crippen molar-refractivity contribution in [3.8, 4) is 11.8 Å². The van der Waals surface area contributed by atoms with Crippen molar-refractivity contribution in [2.45, 2.75) is 19.9 Å². The van der Waals surface area contributed by atoms with Gasteiger partial charge in [-0.3, -0.25) is 4.68 Å². The lowest BCUT2D eigenvalue weighted by Crippen LogP contribution is -1.95. The van der Waals surface area contributed by atoms with E-state index in [1.54, 1.807) is 6.20 Å². The second-order valence-corrected chi connectivity index (χ2v) is 2.68. The maximum atomic E-state index is 8.01. The van der Waals surface area contributed by atoms with E-state index in [0.717, 1.165) is 18.5 Å². The van der Waals surface area contributed by atoms with Crippen molar-refractivity contribution >= 4 is 0 Å². The number of hydrogen-bond acceptors (Lipinski definition) is 2. The molecule has 0 aliphatic carbocycles. The minimum absolute atomic E-state index is 0.204. The number of azide groups is 1. The molecule has 0 saturated heterocycles. The highest BCUT2D eigenvalue weighted by Gasteiger charge is 1.92. The van der Waals surface area contributed by atoms with Crippen LogP contribution in [0.15, 0.2) is 17.5 Å². The summed E-state index contributed by atoms with van der Waals surface area (Å²) in [6, 6.07) is 0. The molecule has 1 rings (SSSR count). The van der Waals surface area contributed by atoms with Crippen LogP contribution < -0.4 is 0 Å². The van der Waals surface area contributed by atoms with Crippen LogP contribution in [0.2, 0.25) is 0 Å². The summed E-state index contributed by atoms with van der Waals surface area (Å²) >= 11 is 0. The van der Waals surface area contributed by atoms with Crippen molar-refractivity contribution in [2.75, 3.05) is 6.54 Å². The van der Waals surface area contributed by atoms with Gasteiger partial charge in [0.1, 0.15) is 0 Å². The Bertz CT molecular complexity index is 389. The van der Waals surface area contributed by atoms with E-state index in [4.69, 9.17) is 5.53 Å². The normalized spacial score (nSPS) is 8.64. The van der Waals surface area contributed by atoms with Crippen LogP contribution in [-0.2, 0) is 6.54 Å². The molecule has 0 bridgehead atoms. The van der Waals surface area contributed by atoms with Crippen molar-refractivity contribution in [1.29, 1.82) is 0 Å². The Morgan fingerprint density at radius 1 is 1.71 bits per heavy atom. The molecule has 1 aromatic heterocycles. The highest BCUT2D eigenvalue weighted by Crippen LogP contribution is 1.95. The topological polar surface area (TPSA) is 66.6 Å². The van der Waals surface area contributed by atoms with E-state index in [9.17, 15) is 0 Å². The molecule has 72 valence electrons. The molecule has 0 fully saturated rings. The summed E-state index contributed by atoms with van der Waals surface area (Å²) in [7, 11) is 0. The van der Waals surface area contributed by atoms with Gasteiger partial charge in [-0.2, -0.15) is 5.10 Å². The first-order valence-electron chi connectivity index (χ1n) is 4.39. The van der Waals surface area contributed by atoms with E-state index < -0.39 is 0 Å². The summed E-state index contributed by atoms with van der Waals surface area (Å²) in [5.41, 5.74) is 8.86. The number of rotatable bonds is 3.